The molecule has 0 radical (unpaired) electrons. The van der Waals surface area contributed by atoms with Crippen molar-refractivity contribution >= 4 is 85.1 Å². The number of nitrogens with zero attached hydrogens (tertiary/aromatic N) is 2. The molecular weight excluding hydrogens is 645 g/mol. The van der Waals surface area contributed by atoms with Crippen LogP contribution in [-0.4, -0.2) is 9.13 Å². The Kier molecular flexibility index (Phi) is 6.03. The van der Waals surface area contributed by atoms with Crippen molar-refractivity contribution in [3.05, 3.63) is 170 Å². The van der Waals surface area contributed by atoms with Gasteiger partial charge in [0.25, 0.3) is 0 Å². The topological polar surface area (TPSA) is 9.86 Å². The van der Waals surface area contributed by atoms with Gasteiger partial charge < -0.3 is 9.13 Å². The normalized spacial score (nSPS) is 12.0. The van der Waals surface area contributed by atoms with Crippen LogP contribution in [0.1, 0.15) is 0 Å². The van der Waals surface area contributed by atoms with Crippen molar-refractivity contribution in [1.82, 2.24) is 9.13 Å². The van der Waals surface area contributed by atoms with E-state index in [2.05, 4.69) is 179 Å². The molecule has 0 aliphatic rings. The summed E-state index contributed by atoms with van der Waals surface area (Å²) in [5.74, 6) is 0. The summed E-state index contributed by atoms with van der Waals surface area (Å²) in [5, 5.41) is 5.21. The number of thiophene rings is 2. The molecule has 0 aliphatic heterocycles. The number of fused-ring (bicyclic) bond motifs is 10. The fourth-order valence-electron chi connectivity index (χ4n) is 7.84. The van der Waals surface area contributed by atoms with Crippen molar-refractivity contribution in [3.63, 3.8) is 0 Å². The van der Waals surface area contributed by atoms with E-state index in [1.807, 2.05) is 22.7 Å². The Morgan fingerprint density at radius 3 is 1.14 bits per heavy atom. The van der Waals surface area contributed by atoms with Gasteiger partial charge in [0.15, 0.2) is 0 Å². The summed E-state index contributed by atoms with van der Waals surface area (Å²) in [6.45, 7) is 0. The molecule has 50 heavy (non-hydrogen) atoms. The van der Waals surface area contributed by atoms with Crippen LogP contribution in [-0.2, 0) is 0 Å². The summed E-state index contributed by atoms with van der Waals surface area (Å²) in [7, 11) is 0. The summed E-state index contributed by atoms with van der Waals surface area (Å²) >= 11 is 3.78. The molecule has 0 N–H and O–H groups in total. The van der Waals surface area contributed by atoms with Crippen LogP contribution in [0.4, 0.5) is 0 Å². The first kappa shape index (κ1) is 28.0. The summed E-state index contributed by atoms with van der Waals surface area (Å²) < 4.78 is 10.2. The third-order valence-electron chi connectivity index (χ3n) is 10.1. The van der Waals surface area contributed by atoms with E-state index in [1.54, 1.807) is 0 Å². The lowest BCUT2D eigenvalue weighted by molar-refractivity contribution is 1.19. The van der Waals surface area contributed by atoms with E-state index >= 15 is 0 Å². The van der Waals surface area contributed by atoms with Crippen LogP contribution in [0.5, 0.6) is 0 Å². The number of hydrogen-bond donors (Lipinski definition) is 0. The van der Waals surface area contributed by atoms with Gasteiger partial charge in [0, 0.05) is 42.3 Å². The highest BCUT2D eigenvalue weighted by molar-refractivity contribution is 7.27. The molecular formula is C46H28N2S2. The molecule has 7 aromatic carbocycles. The molecule has 4 heteroatoms. The molecule has 234 valence electrons. The zero-order chi connectivity index (χ0) is 32.8. The number of aromatic nitrogens is 2. The second-order valence-corrected chi connectivity index (χ2v) is 15.0. The van der Waals surface area contributed by atoms with Crippen LogP contribution in [0.2, 0.25) is 0 Å². The monoisotopic (exact) mass is 672 g/mol. The molecule has 0 bridgehead atoms. The van der Waals surface area contributed by atoms with Crippen LogP contribution >= 0.6 is 22.7 Å². The first-order valence-electron chi connectivity index (χ1n) is 16.9. The second-order valence-electron chi connectivity index (χ2n) is 12.9. The maximum Gasteiger partial charge on any atom is 0.0727 e. The Labute approximate surface area is 296 Å². The molecule has 0 atom stereocenters. The highest BCUT2D eigenvalue weighted by Crippen LogP contribution is 2.45. The lowest BCUT2D eigenvalue weighted by Crippen LogP contribution is -1.93. The highest BCUT2D eigenvalue weighted by atomic mass is 32.1. The number of para-hydroxylation sites is 2. The minimum Gasteiger partial charge on any atom is -0.308 e. The third kappa shape index (κ3) is 4.07. The standard InChI is InChI=1S/C46H28N2S2/c1-3-11-33(12-4-1)47-39-25-23-31(27-37(39)45-43(47)35-15-7-9-17-41(35)49-45)29-19-21-30(22-20-29)32-24-26-40-38(28-32)46-44(36-16-8-10-18-42(36)50-46)48(40)34-13-5-2-6-14-34/h1-28H. The molecule has 4 aromatic heterocycles. The molecule has 2 nitrogen and oxygen atoms in total. The first-order valence-corrected chi connectivity index (χ1v) is 18.6. The largest absolute Gasteiger partial charge is 0.308 e. The lowest BCUT2D eigenvalue weighted by atomic mass is 9.99. The van der Waals surface area contributed by atoms with E-state index in [9.17, 15) is 0 Å². The SMILES string of the molecule is c1ccc(-n2c3ccc(-c4ccc(-c5ccc6c(c5)c5sc7ccccc7c5n6-c5ccccc5)cc4)cc3c3sc4ccccc4c32)cc1. The van der Waals surface area contributed by atoms with E-state index in [0.29, 0.717) is 0 Å². The van der Waals surface area contributed by atoms with Gasteiger partial charge in [-0.3, -0.25) is 0 Å². The summed E-state index contributed by atoms with van der Waals surface area (Å²) in [6.07, 6.45) is 0. The molecule has 0 aliphatic carbocycles. The van der Waals surface area contributed by atoms with E-state index < -0.39 is 0 Å². The average Bonchev–Trinajstić information content (AvgIpc) is 3.92. The highest BCUT2D eigenvalue weighted by Gasteiger charge is 2.20. The molecule has 0 saturated carbocycles. The molecule has 0 unspecified atom stereocenters. The third-order valence-corrected chi connectivity index (χ3v) is 12.5. The fourth-order valence-corrected chi connectivity index (χ4v) is 10.3. The van der Waals surface area contributed by atoms with E-state index in [1.165, 1.54) is 96.0 Å². The summed E-state index contributed by atoms with van der Waals surface area (Å²) in [4.78, 5) is 0. The minimum absolute atomic E-state index is 1.19. The van der Waals surface area contributed by atoms with Gasteiger partial charge in [-0.25, -0.2) is 0 Å². The van der Waals surface area contributed by atoms with Crippen molar-refractivity contribution in [3.8, 4) is 33.6 Å². The Balaban J connectivity index is 1.04. The summed E-state index contributed by atoms with van der Waals surface area (Å²) in [6, 6.07) is 62.1. The average molecular weight is 673 g/mol. The van der Waals surface area contributed by atoms with Gasteiger partial charge in [0.05, 0.1) is 31.5 Å². The maximum atomic E-state index is 2.44. The first-order chi connectivity index (χ1) is 24.8. The fraction of sp³-hybridized carbons (Fsp3) is 0. The number of rotatable bonds is 4. The van der Waals surface area contributed by atoms with Gasteiger partial charge in [-0.15, -0.1) is 22.7 Å². The number of benzene rings is 7. The van der Waals surface area contributed by atoms with Crippen molar-refractivity contribution in [2.24, 2.45) is 0 Å². The van der Waals surface area contributed by atoms with Crippen LogP contribution in [0.3, 0.4) is 0 Å². The van der Waals surface area contributed by atoms with Crippen LogP contribution in [0.15, 0.2) is 170 Å². The molecule has 0 spiro atoms. The van der Waals surface area contributed by atoms with E-state index in [-0.39, 0.29) is 0 Å². The lowest BCUT2D eigenvalue weighted by Gasteiger charge is -2.10. The van der Waals surface area contributed by atoms with Crippen molar-refractivity contribution in [1.29, 1.82) is 0 Å². The Morgan fingerprint density at radius 1 is 0.320 bits per heavy atom. The molecule has 11 rings (SSSR count). The molecule has 11 aromatic rings. The van der Waals surface area contributed by atoms with Gasteiger partial charge in [0.1, 0.15) is 0 Å². The van der Waals surface area contributed by atoms with Crippen molar-refractivity contribution in [2.75, 3.05) is 0 Å². The van der Waals surface area contributed by atoms with Crippen LogP contribution in [0, 0.1) is 0 Å². The predicted molar refractivity (Wildman–Crippen MR) is 217 cm³/mol. The molecule has 0 amide bonds. The van der Waals surface area contributed by atoms with Crippen molar-refractivity contribution in [2.45, 2.75) is 0 Å². The van der Waals surface area contributed by atoms with Gasteiger partial charge in [-0.1, -0.05) is 109 Å². The molecule has 0 saturated heterocycles. The van der Waals surface area contributed by atoms with Crippen LogP contribution < -0.4 is 0 Å². The quantitative estimate of drug-likeness (QED) is 0.176. The second kappa shape index (κ2) is 10.8. The maximum absolute atomic E-state index is 2.44. The Hall–Kier alpha value is -5.94. The van der Waals surface area contributed by atoms with Crippen LogP contribution in [0.25, 0.3) is 96.0 Å². The van der Waals surface area contributed by atoms with Gasteiger partial charge in [-0.2, -0.15) is 0 Å². The Morgan fingerprint density at radius 2 is 0.700 bits per heavy atom. The van der Waals surface area contributed by atoms with Crippen molar-refractivity contribution < 1.29 is 0 Å². The molecule has 0 fully saturated rings. The van der Waals surface area contributed by atoms with E-state index in [0.717, 1.165) is 0 Å². The van der Waals surface area contributed by atoms with Gasteiger partial charge >= 0.3 is 0 Å². The number of hydrogen-bond acceptors (Lipinski definition) is 2. The summed E-state index contributed by atoms with van der Waals surface area (Å²) in [5.41, 5.74) is 12.4. The molecule has 4 heterocycles. The van der Waals surface area contributed by atoms with E-state index in [4.69, 9.17) is 0 Å². The zero-order valence-corrected chi connectivity index (χ0v) is 28.5. The predicted octanol–water partition coefficient (Wildman–Crippen LogP) is 13.6. The Bertz CT molecular complexity index is 2860. The van der Waals surface area contributed by atoms with Gasteiger partial charge in [-0.05, 0) is 82.9 Å². The minimum atomic E-state index is 1.19. The zero-order valence-electron chi connectivity index (χ0n) is 26.9. The smallest absolute Gasteiger partial charge is 0.0727 e. The van der Waals surface area contributed by atoms with Gasteiger partial charge in [0.2, 0.25) is 0 Å².